The predicted molar refractivity (Wildman–Crippen MR) is 117 cm³/mol. The minimum atomic E-state index is -0.424. The number of nitrogens with two attached hydrogens (primary N) is 1. The van der Waals surface area contributed by atoms with E-state index in [2.05, 4.69) is 46.8 Å². The smallest absolute Gasteiger partial charge is 0.332 e. The fraction of sp³-hybridized carbons (Fsp3) is 0.905. The zero-order chi connectivity index (χ0) is 22.6. The monoisotopic (exact) mass is 419 g/mol. The highest BCUT2D eigenvalue weighted by Crippen LogP contribution is 2.50. The van der Waals surface area contributed by atoms with Gasteiger partial charge in [0.15, 0.2) is 0 Å². The Morgan fingerprint density at radius 1 is 0.964 bits per heavy atom. The number of nitrogens with zero attached hydrogens (tertiary/aromatic N) is 1. The van der Waals surface area contributed by atoms with E-state index in [1.54, 1.807) is 0 Å². The molecular weight excluding hydrogens is 375 g/mol. The van der Waals surface area contributed by atoms with Crippen LogP contribution in [0.5, 0.6) is 0 Å². The van der Waals surface area contributed by atoms with Crippen LogP contribution in [0.25, 0.3) is 0 Å². The first-order chi connectivity index (χ1) is 12.3. The summed E-state index contributed by atoms with van der Waals surface area (Å²) in [6.45, 7) is 17.6. The fourth-order valence-electron chi connectivity index (χ4n) is 2.94. The highest BCUT2D eigenvalue weighted by atomic mass is 31.1. The number of rotatable bonds is 9. The lowest BCUT2D eigenvalue weighted by atomic mass is 9.79. The number of carbonyl (C=O) groups excluding carboxylic acids is 2. The molecule has 0 rings (SSSR count). The van der Waals surface area contributed by atoms with Crippen molar-refractivity contribution >= 4 is 20.5 Å². The van der Waals surface area contributed by atoms with Crippen LogP contribution in [0.2, 0.25) is 0 Å². The quantitative estimate of drug-likeness (QED) is 0.267. The van der Waals surface area contributed by atoms with Crippen LogP contribution in [-0.2, 0) is 19.2 Å². The highest BCUT2D eigenvalue weighted by molar-refractivity contribution is 7.42. The van der Waals surface area contributed by atoms with E-state index >= 15 is 0 Å². The molecule has 28 heavy (non-hydrogen) atoms. The van der Waals surface area contributed by atoms with Gasteiger partial charge in [-0.1, -0.05) is 64.0 Å². The third kappa shape index (κ3) is 10.2. The van der Waals surface area contributed by atoms with E-state index in [1.807, 2.05) is 34.6 Å². The summed E-state index contributed by atoms with van der Waals surface area (Å²) in [5.74, 6) is 4.27. The van der Waals surface area contributed by atoms with Gasteiger partial charge in [0.2, 0.25) is 0 Å². The number of likely N-dealkylation sites (N-methyl/N-ethyl adjacent to an activating group) is 1. The van der Waals surface area contributed by atoms with Crippen LogP contribution in [0.4, 0.5) is 0 Å². The van der Waals surface area contributed by atoms with Crippen LogP contribution in [0.15, 0.2) is 0 Å². The van der Waals surface area contributed by atoms with Gasteiger partial charge in [-0.3, -0.25) is 4.79 Å². The molecular formula is C21H44N2O4P+. The first-order valence-electron chi connectivity index (χ1n) is 9.95. The molecule has 0 bridgehead atoms. The number of hydrogen-bond donors (Lipinski definition) is 1. The van der Waals surface area contributed by atoms with Crippen molar-refractivity contribution in [1.82, 2.24) is 0 Å². The molecule has 6 nitrogen and oxygen atoms in total. The average molecular weight is 420 g/mol. The molecule has 3 unspecified atom stereocenters. The second kappa shape index (κ2) is 9.86. The van der Waals surface area contributed by atoms with E-state index in [-0.39, 0.29) is 37.0 Å². The molecule has 0 saturated heterocycles. The highest BCUT2D eigenvalue weighted by Gasteiger charge is 2.44. The Morgan fingerprint density at radius 3 is 1.82 bits per heavy atom. The third-order valence-corrected chi connectivity index (χ3v) is 7.20. The SMILES string of the molecule is CC(C)(C)CC(C(=O)OCC[N+](C)(C)C)C(C)(C)PC(C(=O)ON)C(C)(C)C. The van der Waals surface area contributed by atoms with Crippen LogP contribution in [0, 0.1) is 16.7 Å². The molecule has 7 heteroatoms. The summed E-state index contributed by atoms with van der Waals surface area (Å²) in [6, 6.07) is 0. The van der Waals surface area contributed by atoms with Crippen molar-refractivity contribution in [2.24, 2.45) is 22.6 Å². The zero-order valence-electron chi connectivity index (χ0n) is 19.9. The standard InChI is InChI=1S/C21H44N2O4P/c1-19(2,3)14-15(17(24)26-13-12-23(9,10)11)21(7,8)28-16(18(25)27-22)20(4,5)6/h15-16,28H,12-14,22H2,1-11H3/q+1. The Balaban J connectivity index is 5.60. The third-order valence-electron chi connectivity index (χ3n) is 4.71. The first kappa shape index (κ1) is 27.3. The number of carbonyl (C=O) groups is 2. The van der Waals surface area contributed by atoms with Gasteiger partial charge < -0.3 is 14.1 Å². The van der Waals surface area contributed by atoms with Gasteiger partial charge >= 0.3 is 11.9 Å². The Morgan fingerprint density at radius 2 is 1.46 bits per heavy atom. The molecule has 2 N–H and O–H groups in total. The largest absolute Gasteiger partial charge is 0.459 e. The topological polar surface area (TPSA) is 78.6 Å². The molecule has 0 aromatic heterocycles. The lowest BCUT2D eigenvalue weighted by molar-refractivity contribution is -0.870. The molecule has 0 aliphatic carbocycles. The van der Waals surface area contributed by atoms with Crippen LogP contribution >= 0.6 is 8.58 Å². The van der Waals surface area contributed by atoms with E-state index in [0.29, 0.717) is 13.0 Å². The summed E-state index contributed by atoms with van der Waals surface area (Å²) in [5.41, 5.74) is -0.738. The summed E-state index contributed by atoms with van der Waals surface area (Å²) in [7, 11) is 6.39. The van der Waals surface area contributed by atoms with Crippen LogP contribution < -0.4 is 5.90 Å². The van der Waals surface area contributed by atoms with Crippen molar-refractivity contribution in [3.8, 4) is 0 Å². The lowest BCUT2D eigenvalue weighted by Crippen LogP contribution is -2.43. The van der Waals surface area contributed by atoms with E-state index < -0.39 is 11.1 Å². The first-order valence-corrected chi connectivity index (χ1v) is 11.0. The normalized spacial score (nSPS) is 16.1. The molecule has 0 aliphatic rings. The van der Waals surface area contributed by atoms with Gasteiger partial charge in [0.1, 0.15) is 13.2 Å². The van der Waals surface area contributed by atoms with Crippen LogP contribution in [0.1, 0.15) is 61.8 Å². The van der Waals surface area contributed by atoms with E-state index in [9.17, 15) is 9.59 Å². The van der Waals surface area contributed by atoms with Crippen molar-refractivity contribution in [2.75, 3.05) is 34.3 Å². The number of quaternary nitrogens is 1. The Kier molecular flexibility index (Phi) is 9.61. The fourth-order valence-corrected chi connectivity index (χ4v) is 4.72. The van der Waals surface area contributed by atoms with Crippen LogP contribution in [-0.4, -0.2) is 61.5 Å². The Hall–Kier alpha value is -0.710. The van der Waals surface area contributed by atoms with E-state index in [1.165, 1.54) is 0 Å². The van der Waals surface area contributed by atoms with Crippen molar-refractivity contribution in [3.63, 3.8) is 0 Å². The molecule has 0 spiro atoms. The lowest BCUT2D eigenvalue weighted by Gasteiger charge is -2.41. The average Bonchev–Trinajstić information content (AvgIpc) is 2.46. The maximum absolute atomic E-state index is 13.1. The van der Waals surface area contributed by atoms with Gasteiger partial charge in [0, 0.05) is 0 Å². The molecule has 0 amide bonds. The summed E-state index contributed by atoms with van der Waals surface area (Å²) >= 11 is 0. The predicted octanol–water partition coefficient (Wildman–Crippen LogP) is 3.58. The molecule has 0 heterocycles. The van der Waals surface area contributed by atoms with Gasteiger partial charge in [-0.05, 0) is 22.4 Å². The molecule has 3 atom stereocenters. The van der Waals surface area contributed by atoms with Gasteiger partial charge in [-0.2, -0.15) is 5.90 Å². The Labute approximate surface area is 174 Å². The summed E-state index contributed by atoms with van der Waals surface area (Å²) in [5, 5.41) is -0.424. The minimum Gasteiger partial charge on any atom is -0.459 e. The van der Waals surface area contributed by atoms with Gasteiger partial charge in [-0.15, -0.1) is 0 Å². The molecule has 0 fully saturated rings. The molecule has 0 aromatic rings. The number of esters is 1. The van der Waals surface area contributed by atoms with Gasteiger partial charge in [-0.25, -0.2) is 4.79 Å². The molecule has 166 valence electrons. The maximum Gasteiger partial charge on any atom is 0.332 e. The van der Waals surface area contributed by atoms with Gasteiger partial charge in [0.25, 0.3) is 0 Å². The summed E-state index contributed by atoms with van der Waals surface area (Å²) in [4.78, 5) is 30.0. The van der Waals surface area contributed by atoms with Crippen molar-refractivity contribution in [3.05, 3.63) is 0 Å². The molecule has 0 radical (unpaired) electrons. The van der Waals surface area contributed by atoms with Crippen LogP contribution in [0.3, 0.4) is 0 Å². The number of hydrogen-bond acceptors (Lipinski definition) is 5. The summed E-state index contributed by atoms with van der Waals surface area (Å²) in [6.07, 6.45) is 0.685. The van der Waals surface area contributed by atoms with Gasteiger partial charge in [0.05, 0.1) is 32.7 Å². The molecule has 0 saturated carbocycles. The second-order valence-electron chi connectivity index (χ2n) is 11.6. The van der Waals surface area contributed by atoms with Crippen molar-refractivity contribution < 1.29 is 23.6 Å². The van der Waals surface area contributed by atoms with E-state index in [4.69, 9.17) is 10.6 Å². The Bertz CT molecular complexity index is 528. The number of ether oxygens (including phenoxy) is 1. The second-order valence-corrected chi connectivity index (χ2v) is 13.8. The minimum absolute atomic E-state index is 0.0445. The summed E-state index contributed by atoms with van der Waals surface area (Å²) < 4.78 is 6.41. The van der Waals surface area contributed by atoms with Crippen molar-refractivity contribution in [1.29, 1.82) is 0 Å². The maximum atomic E-state index is 13.1. The zero-order valence-corrected chi connectivity index (χ0v) is 20.9. The molecule has 0 aromatic carbocycles. The molecule has 0 aliphatic heterocycles. The van der Waals surface area contributed by atoms with Crippen molar-refractivity contribution in [2.45, 2.75) is 72.6 Å². The van der Waals surface area contributed by atoms with E-state index in [0.717, 1.165) is 11.0 Å².